The summed E-state index contributed by atoms with van der Waals surface area (Å²) in [5.41, 5.74) is 0. The van der Waals surface area contributed by atoms with Crippen molar-refractivity contribution >= 4 is 0 Å². The second-order valence-electron chi connectivity index (χ2n) is 9.60. The maximum absolute atomic E-state index is 2.38. The summed E-state index contributed by atoms with van der Waals surface area (Å²) < 4.78 is 0. The molecule has 0 nitrogen and oxygen atoms in total. The van der Waals surface area contributed by atoms with Crippen molar-refractivity contribution in [2.45, 2.75) is 175 Å². The van der Waals surface area contributed by atoms with Gasteiger partial charge >= 0.3 is 0 Å². The molecule has 28 heavy (non-hydrogen) atoms. The van der Waals surface area contributed by atoms with Crippen molar-refractivity contribution < 1.29 is 0 Å². The van der Waals surface area contributed by atoms with Crippen LogP contribution in [0.1, 0.15) is 175 Å². The highest BCUT2D eigenvalue weighted by Crippen LogP contribution is 2.23. The highest BCUT2D eigenvalue weighted by atomic mass is 14.1. The van der Waals surface area contributed by atoms with Gasteiger partial charge in [0, 0.05) is 0 Å². The zero-order valence-corrected chi connectivity index (χ0v) is 20.5. The fraction of sp³-hybridized carbons (Fsp3) is 1.00. The van der Waals surface area contributed by atoms with Crippen LogP contribution in [0.5, 0.6) is 0 Å². The predicted octanol–water partition coefficient (Wildman–Crippen LogP) is 11.0. The Kier molecular flexibility index (Phi) is 25.0. The largest absolute Gasteiger partial charge is 0.0654 e. The molecule has 0 saturated carbocycles. The van der Waals surface area contributed by atoms with E-state index in [1.54, 1.807) is 0 Å². The van der Waals surface area contributed by atoms with Crippen LogP contribution in [0.3, 0.4) is 0 Å². The van der Waals surface area contributed by atoms with Gasteiger partial charge in [0.1, 0.15) is 0 Å². The molecule has 0 spiro atoms. The Labute approximate surface area is 181 Å². The monoisotopic (exact) mass is 394 g/mol. The van der Waals surface area contributed by atoms with Crippen LogP contribution in [0, 0.1) is 5.92 Å². The van der Waals surface area contributed by atoms with E-state index in [0.717, 1.165) is 5.92 Å². The summed E-state index contributed by atoms with van der Waals surface area (Å²) in [6, 6.07) is 0. The van der Waals surface area contributed by atoms with Gasteiger partial charge in [-0.05, 0) is 5.92 Å². The molecule has 0 atom stereocenters. The van der Waals surface area contributed by atoms with Gasteiger partial charge in [-0.1, -0.05) is 175 Å². The Morgan fingerprint density at radius 2 is 0.571 bits per heavy atom. The van der Waals surface area contributed by atoms with Crippen molar-refractivity contribution in [3.8, 4) is 0 Å². The summed E-state index contributed by atoms with van der Waals surface area (Å²) in [6.07, 6.45) is 35.3. The van der Waals surface area contributed by atoms with Crippen molar-refractivity contribution in [1.82, 2.24) is 0 Å². The van der Waals surface area contributed by atoms with Gasteiger partial charge < -0.3 is 0 Å². The standard InChI is InChI=1S/C28H58/c1-4-7-9-11-13-15-17-19-21-23-26-28(25-6-3)27-24-22-20-18-16-14-12-10-8-5-2/h28H,4-27H2,1-3H3. The fourth-order valence-electron chi connectivity index (χ4n) is 4.68. The third-order valence-corrected chi connectivity index (χ3v) is 6.63. The van der Waals surface area contributed by atoms with Crippen molar-refractivity contribution in [2.24, 2.45) is 5.92 Å². The van der Waals surface area contributed by atoms with Crippen LogP contribution in [0.2, 0.25) is 0 Å². The van der Waals surface area contributed by atoms with Crippen molar-refractivity contribution in [2.75, 3.05) is 0 Å². The molecule has 0 unspecified atom stereocenters. The maximum atomic E-state index is 2.38. The molecule has 0 radical (unpaired) electrons. The molecule has 0 aromatic carbocycles. The number of hydrogen-bond acceptors (Lipinski definition) is 0. The quantitative estimate of drug-likeness (QED) is 0.143. The first kappa shape index (κ1) is 28.0. The first-order valence-electron chi connectivity index (χ1n) is 13.8. The normalized spacial score (nSPS) is 11.6. The first-order chi connectivity index (χ1) is 13.8. The third kappa shape index (κ3) is 22.3. The van der Waals surface area contributed by atoms with E-state index < -0.39 is 0 Å². The molecule has 0 aliphatic rings. The molecule has 0 aromatic heterocycles. The number of unbranched alkanes of at least 4 members (excludes halogenated alkanes) is 18. The van der Waals surface area contributed by atoms with Crippen LogP contribution < -0.4 is 0 Å². The lowest BCUT2D eigenvalue weighted by Gasteiger charge is -2.16. The molecule has 0 bridgehead atoms. The van der Waals surface area contributed by atoms with Gasteiger partial charge in [0.25, 0.3) is 0 Å². The highest BCUT2D eigenvalue weighted by Gasteiger charge is 2.07. The van der Waals surface area contributed by atoms with Crippen LogP contribution >= 0.6 is 0 Å². The number of hydrogen-bond donors (Lipinski definition) is 0. The molecule has 0 N–H and O–H groups in total. The molecule has 0 amide bonds. The summed E-state index contributed by atoms with van der Waals surface area (Å²) in [7, 11) is 0. The minimum Gasteiger partial charge on any atom is -0.0654 e. The summed E-state index contributed by atoms with van der Waals surface area (Å²) in [6.45, 7) is 6.99. The van der Waals surface area contributed by atoms with E-state index in [0.29, 0.717) is 0 Å². The van der Waals surface area contributed by atoms with Crippen LogP contribution in [0.4, 0.5) is 0 Å². The average Bonchev–Trinajstić information content (AvgIpc) is 2.70. The summed E-state index contributed by atoms with van der Waals surface area (Å²) in [5, 5.41) is 0. The Balaban J connectivity index is 3.41. The first-order valence-corrected chi connectivity index (χ1v) is 13.8. The molecule has 170 valence electrons. The fourth-order valence-corrected chi connectivity index (χ4v) is 4.68. The minimum absolute atomic E-state index is 1.04. The molecule has 0 heteroatoms. The Bertz CT molecular complexity index is 233. The smallest absolute Gasteiger partial charge is 0.0414 e. The number of rotatable bonds is 24. The van der Waals surface area contributed by atoms with Crippen molar-refractivity contribution in [3.05, 3.63) is 0 Å². The van der Waals surface area contributed by atoms with Crippen LogP contribution in [-0.4, -0.2) is 0 Å². The Hall–Kier alpha value is 0. The van der Waals surface area contributed by atoms with Crippen molar-refractivity contribution in [1.29, 1.82) is 0 Å². The van der Waals surface area contributed by atoms with E-state index in [9.17, 15) is 0 Å². The molecule has 0 saturated heterocycles. The Morgan fingerprint density at radius 1 is 0.286 bits per heavy atom. The molecule has 0 fully saturated rings. The van der Waals surface area contributed by atoms with E-state index in [-0.39, 0.29) is 0 Å². The minimum atomic E-state index is 1.04. The SMILES string of the molecule is CCCCCCCCCCCCC(CCC)CCCCCCCCCCCC. The highest BCUT2D eigenvalue weighted by molar-refractivity contribution is 4.61. The summed E-state index contributed by atoms with van der Waals surface area (Å²) >= 11 is 0. The molecule has 0 aromatic rings. The van der Waals surface area contributed by atoms with E-state index in [1.165, 1.54) is 154 Å². The summed E-state index contributed by atoms with van der Waals surface area (Å²) in [4.78, 5) is 0. The predicted molar refractivity (Wildman–Crippen MR) is 131 cm³/mol. The van der Waals surface area contributed by atoms with Gasteiger partial charge in [-0.3, -0.25) is 0 Å². The summed E-state index contributed by atoms with van der Waals surface area (Å²) in [5.74, 6) is 1.04. The lowest BCUT2D eigenvalue weighted by Crippen LogP contribution is -2.00. The lowest BCUT2D eigenvalue weighted by atomic mass is 9.90. The van der Waals surface area contributed by atoms with E-state index in [1.807, 2.05) is 0 Å². The van der Waals surface area contributed by atoms with Gasteiger partial charge in [-0.2, -0.15) is 0 Å². The second kappa shape index (κ2) is 25.0. The van der Waals surface area contributed by atoms with Crippen LogP contribution in [-0.2, 0) is 0 Å². The van der Waals surface area contributed by atoms with Gasteiger partial charge in [0.05, 0.1) is 0 Å². The molecule has 0 rings (SSSR count). The van der Waals surface area contributed by atoms with Crippen LogP contribution in [0.15, 0.2) is 0 Å². The topological polar surface area (TPSA) is 0 Å². The zero-order chi connectivity index (χ0) is 20.5. The van der Waals surface area contributed by atoms with Gasteiger partial charge in [0.2, 0.25) is 0 Å². The lowest BCUT2D eigenvalue weighted by molar-refractivity contribution is 0.376. The van der Waals surface area contributed by atoms with Gasteiger partial charge in [0.15, 0.2) is 0 Å². The molecule has 0 aliphatic heterocycles. The van der Waals surface area contributed by atoms with E-state index in [2.05, 4.69) is 20.8 Å². The van der Waals surface area contributed by atoms with Gasteiger partial charge in [-0.25, -0.2) is 0 Å². The van der Waals surface area contributed by atoms with Crippen molar-refractivity contribution in [3.63, 3.8) is 0 Å². The molecular formula is C28H58. The average molecular weight is 395 g/mol. The molecule has 0 aliphatic carbocycles. The van der Waals surface area contributed by atoms with E-state index in [4.69, 9.17) is 0 Å². The zero-order valence-electron chi connectivity index (χ0n) is 20.5. The molecule has 0 heterocycles. The second-order valence-corrected chi connectivity index (χ2v) is 9.60. The van der Waals surface area contributed by atoms with E-state index >= 15 is 0 Å². The maximum Gasteiger partial charge on any atom is -0.0414 e. The Morgan fingerprint density at radius 3 is 0.857 bits per heavy atom. The van der Waals surface area contributed by atoms with Gasteiger partial charge in [-0.15, -0.1) is 0 Å². The molecular weight excluding hydrogens is 336 g/mol. The third-order valence-electron chi connectivity index (χ3n) is 6.63. The van der Waals surface area contributed by atoms with Crippen LogP contribution in [0.25, 0.3) is 0 Å².